The Bertz CT molecular complexity index is 1180. The number of ketones is 1. The van der Waals surface area contributed by atoms with Crippen molar-refractivity contribution in [2.24, 2.45) is 0 Å². The average Bonchev–Trinajstić information content (AvgIpc) is 3.31. The third-order valence-corrected chi connectivity index (χ3v) is 6.96. The number of alkyl carbamates (subject to hydrolysis) is 1. The van der Waals surface area contributed by atoms with Crippen LogP contribution in [-0.4, -0.2) is 66.3 Å². The predicted octanol–water partition coefficient (Wildman–Crippen LogP) is 3.40. The van der Waals surface area contributed by atoms with Gasteiger partial charge in [-0.05, 0) is 49.9 Å². The minimum Gasteiger partial charge on any atom is -0.469 e. The topological polar surface area (TPSA) is 111 Å². The standard InChI is InChI=1S/C28H32N2O7/c1-16(31)25-17(2)37-28(3,4)30(25)26(33)23(14-24(32)35-5)29-27(34)36-15-22-20-12-8-6-10-18(20)19-11-7-9-13-21(19)22/h6-13,17,22-23,25H,14-15H2,1-5H3,(H,29,34)/t17?,23-,25?/m0/s1. The summed E-state index contributed by atoms with van der Waals surface area (Å²) in [4.78, 5) is 52.3. The van der Waals surface area contributed by atoms with E-state index in [2.05, 4.69) is 5.32 Å². The van der Waals surface area contributed by atoms with Gasteiger partial charge >= 0.3 is 12.1 Å². The Morgan fingerprint density at radius 2 is 1.59 bits per heavy atom. The summed E-state index contributed by atoms with van der Waals surface area (Å²) < 4.78 is 16.2. The van der Waals surface area contributed by atoms with E-state index in [9.17, 15) is 19.2 Å². The van der Waals surface area contributed by atoms with Crippen LogP contribution in [0.15, 0.2) is 48.5 Å². The zero-order chi connectivity index (χ0) is 26.9. The lowest BCUT2D eigenvalue weighted by molar-refractivity contribution is -0.154. The van der Waals surface area contributed by atoms with Crippen molar-refractivity contribution < 1.29 is 33.4 Å². The van der Waals surface area contributed by atoms with Crippen molar-refractivity contribution in [3.63, 3.8) is 0 Å². The van der Waals surface area contributed by atoms with E-state index >= 15 is 0 Å². The highest BCUT2D eigenvalue weighted by molar-refractivity contribution is 5.94. The van der Waals surface area contributed by atoms with Crippen LogP contribution >= 0.6 is 0 Å². The molecule has 0 radical (unpaired) electrons. The van der Waals surface area contributed by atoms with Gasteiger partial charge in [-0.3, -0.25) is 14.4 Å². The molecule has 2 unspecified atom stereocenters. The lowest BCUT2D eigenvalue weighted by Crippen LogP contribution is -2.58. The fourth-order valence-corrected chi connectivity index (χ4v) is 5.44. The summed E-state index contributed by atoms with van der Waals surface area (Å²) in [6.07, 6.45) is -1.83. The third-order valence-electron chi connectivity index (χ3n) is 6.96. The molecule has 1 heterocycles. The van der Waals surface area contributed by atoms with Crippen LogP contribution in [0.3, 0.4) is 0 Å². The number of hydrogen-bond acceptors (Lipinski definition) is 7. The second-order valence-electron chi connectivity index (χ2n) is 9.84. The summed E-state index contributed by atoms with van der Waals surface area (Å²) in [5.74, 6) is -1.75. The summed E-state index contributed by atoms with van der Waals surface area (Å²) in [6, 6.07) is 13.7. The Morgan fingerprint density at radius 1 is 1.03 bits per heavy atom. The molecule has 2 amide bonds. The average molecular weight is 509 g/mol. The number of fused-ring (bicyclic) bond motifs is 3. The number of carbonyl (C=O) groups excluding carboxylic acids is 4. The summed E-state index contributed by atoms with van der Waals surface area (Å²) >= 11 is 0. The van der Waals surface area contributed by atoms with E-state index in [0.717, 1.165) is 22.3 Å². The molecule has 1 saturated heterocycles. The molecule has 0 saturated carbocycles. The molecule has 1 fully saturated rings. The lowest BCUT2D eigenvalue weighted by Gasteiger charge is -2.35. The van der Waals surface area contributed by atoms with E-state index in [1.807, 2.05) is 48.5 Å². The van der Waals surface area contributed by atoms with Gasteiger partial charge in [0.15, 0.2) is 5.78 Å². The number of esters is 1. The van der Waals surface area contributed by atoms with E-state index in [0.29, 0.717) is 0 Å². The number of amides is 2. The number of rotatable bonds is 7. The zero-order valence-electron chi connectivity index (χ0n) is 21.6. The Morgan fingerprint density at radius 3 is 2.14 bits per heavy atom. The van der Waals surface area contributed by atoms with Crippen molar-refractivity contribution in [3.8, 4) is 11.1 Å². The second-order valence-corrected chi connectivity index (χ2v) is 9.84. The molecular weight excluding hydrogens is 476 g/mol. The van der Waals surface area contributed by atoms with E-state index in [1.165, 1.54) is 18.9 Å². The van der Waals surface area contributed by atoms with Crippen LogP contribution in [-0.2, 0) is 28.6 Å². The van der Waals surface area contributed by atoms with Crippen LogP contribution in [0.5, 0.6) is 0 Å². The first-order chi connectivity index (χ1) is 17.5. The molecule has 1 aliphatic heterocycles. The van der Waals surface area contributed by atoms with Gasteiger partial charge in [0, 0.05) is 5.92 Å². The molecule has 2 aromatic rings. The molecule has 3 atom stereocenters. The number of nitrogens with one attached hydrogen (secondary N) is 1. The monoisotopic (exact) mass is 508 g/mol. The third kappa shape index (κ3) is 5.09. The molecule has 0 spiro atoms. The Labute approximate surface area is 216 Å². The SMILES string of the molecule is COC(=O)C[C@H](NC(=O)OCC1c2ccccc2-c2ccccc21)C(=O)N1C(C(C)=O)C(C)OC1(C)C. The molecule has 4 rings (SSSR count). The van der Waals surface area contributed by atoms with Gasteiger partial charge in [-0.2, -0.15) is 0 Å². The fraction of sp³-hybridized carbons (Fsp3) is 0.429. The molecule has 1 N–H and O–H groups in total. The van der Waals surface area contributed by atoms with E-state index in [1.54, 1.807) is 20.8 Å². The largest absolute Gasteiger partial charge is 0.469 e. The van der Waals surface area contributed by atoms with Crippen molar-refractivity contribution in [2.75, 3.05) is 13.7 Å². The van der Waals surface area contributed by atoms with Crippen LogP contribution in [0.25, 0.3) is 11.1 Å². The number of nitrogens with zero attached hydrogens (tertiary/aromatic N) is 1. The summed E-state index contributed by atoms with van der Waals surface area (Å²) in [5, 5.41) is 2.52. The molecule has 2 aliphatic rings. The van der Waals surface area contributed by atoms with Gasteiger partial charge in [-0.25, -0.2) is 4.79 Å². The summed E-state index contributed by atoms with van der Waals surface area (Å²) in [7, 11) is 1.19. The van der Waals surface area contributed by atoms with Crippen molar-refractivity contribution in [1.82, 2.24) is 10.2 Å². The molecule has 2 aromatic carbocycles. The van der Waals surface area contributed by atoms with Crippen LogP contribution in [0.4, 0.5) is 4.79 Å². The van der Waals surface area contributed by atoms with Gasteiger partial charge in [0.25, 0.3) is 0 Å². The van der Waals surface area contributed by atoms with E-state index in [4.69, 9.17) is 14.2 Å². The maximum absolute atomic E-state index is 13.6. The predicted molar refractivity (Wildman–Crippen MR) is 135 cm³/mol. The first-order valence-electron chi connectivity index (χ1n) is 12.2. The number of ether oxygens (including phenoxy) is 3. The minimum atomic E-state index is -1.31. The van der Waals surface area contributed by atoms with Gasteiger partial charge in [0.1, 0.15) is 24.4 Å². The number of methoxy groups -OCH3 is 1. The Kier molecular flexibility index (Phi) is 7.36. The van der Waals surface area contributed by atoms with Gasteiger partial charge < -0.3 is 24.4 Å². The van der Waals surface area contributed by atoms with Crippen LogP contribution < -0.4 is 5.32 Å². The van der Waals surface area contributed by atoms with Crippen LogP contribution in [0.2, 0.25) is 0 Å². The smallest absolute Gasteiger partial charge is 0.407 e. The van der Waals surface area contributed by atoms with Gasteiger partial charge in [0.05, 0.1) is 19.6 Å². The van der Waals surface area contributed by atoms with E-state index < -0.39 is 48.3 Å². The number of Topliss-reactive ketones (excluding diaryl/α,β-unsaturated/α-hetero) is 1. The summed E-state index contributed by atoms with van der Waals surface area (Å²) in [5.41, 5.74) is 3.16. The maximum Gasteiger partial charge on any atom is 0.407 e. The number of carbonyl (C=O) groups is 4. The normalized spacial score (nSPS) is 20.5. The van der Waals surface area contributed by atoms with Crippen molar-refractivity contribution in [1.29, 1.82) is 0 Å². The highest BCUT2D eigenvalue weighted by atomic mass is 16.6. The first kappa shape index (κ1) is 26.3. The zero-order valence-corrected chi connectivity index (χ0v) is 21.6. The van der Waals surface area contributed by atoms with Crippen molar-refractivity contribution in [3.05, 3.63) is 59.7 Å². The quantitative estimate of drug-likeness (QED) is 0.571. The van der Waals surface area contributed by atoms with Crippen LogP contribution in [0.1, 0.15) is 51.2 Å². The van der Waals surface area contributed by atoms with Crippen LogP contribution in [0, 0.1) is 0 Å². The highest BCUT2D eigenvalue weighted by Gasteiger charge is 2.51. The minimum absolute atomic E-state index is 0.0460. The van der Waals surface area contributed by atoms with Crippen molar-refractivity contribution >= 4 is 23.8 Å². The molecular formula is C28H32N2O7. The fourth-order valence-electron chi connectivity index (χ4n) is 5.44. The maximum atomic E-state index is 13.6. The van der Waals surface area contributed by atoms with Gasteiger partial charge in [-0.1, -0.05) is 48.5 Å². The molecule has 9 nitrogen and oxygen atoms in total. The Balaban J connectivity index is 1.51. The highest BCUT2D eigenvalue weighted by Crippen LogP contribution is 2.44. The van der Waals surface area contributed by atoms with Gasteiger partial charge in [-0.15, -0.1) is 0 Å². The van der Waals surface area contributed by atoms with Crippen molar-refractivity contribution in [2.45, 2.75) is 63.9 Å². The van der Waals surface area contributed by atoms with Gasteiger partial charge in [0.2, 0.25) is 5.91 Å². The molecule has 0 aromatic heterocycles. The number of benzene rings is 2. The first-order valence-corrected chi connectivity index (χ1v) is 12.2. The number of hydrogen-bond donors (Lipinski definition) is 1. The molecule has 1 aliphatic carbocycles. The lowest BCUT2D eigenvalue weighted by atomic mass is 9.98. The summed E-state index contributed by atoms with van der Waals surface area (Å²) in [6.45, 7) is 6.44. The van der Waals surface area contributed by atoms with E-state index in [-0.39, 0.29) is 18.3 Å². The molecule has 0 bridgehead atoms. The molecule has 196 valence electrons. The Hall–Kier alpha value is -3.72. The molecule has 9 heteroatoms. The second kappa shape index (κ2) is 10.3. The molecule has 37 heavy (non-hydrogen) atoms.